The van der Waals surface area contributed by atoms with E-state index in [2.05, 4.69) is 18.0 Å². The number of benzene rings is 1. The van der Waals surface area contributed by atoms with Crippen LogP contribution in [0.1, 0.15) is 30.4 Å². The molecule has 0 radical (unpaired) electrons. The number of aryl methyl sites for hydroxylation is 1. The molecule has 0 unspecified atom stereocenters. The van der Waals surface area contributed by atoms with Crippen LogP contribution in [-0.2, 0) is 11.2 Å². The molecule has 1 amide bonds. The van der Waals surface area contributed by atoms with Crippen LogP contribution in [0.15, 0.2) is 28.9 Å². The number of fused-ring (bicyclic) bond motifs is 1. The van der Waals surface area contributed by atoms with Crippen LogP contribution < -0.4 is 0 Å². The van der Waals surface area contributed by atoms with Crippen LogP contribution in [0.2, 0.25) is 0 Å². The van der Waals surface area contributed by atoms with Crippen LogP contribution in [0.4, 0.5) is 0 Å². The Morgan fingerprint density at radius 3 is 2.84 bits per heavy atom. The summed E-state index contributed by atoms with van der Waals surface area (Å²) in [6.45, 7) is 4.80. The van der Waals surface area contributed by atoms with Gasteiger partial charge in [0.25, 0.3) is 0 Å². The van der Waals surface area contributed by atoms with Gasteiger partial charge in [0.05, 0.1) is 12.7 Å². The molecule has 0 spiro atoms. The average molecular weight is 344 g/mol. The largest absolute Gasteiger partial charge is 0.464 e. The maximum Gasteiger partial charge on any atom is 0.227 e. The van der Waals surface area contributed by atoms with Gasteiger partial charge in [-0.05, 0) is 44.9 Å². The van der Waals surface area contributed by atoms with E-state index in [1.54, 1.807) is 6.26 Å². The number of piperidine rings is 1. The van der Waals surface area contributed by atoms with Crippen molar-refractivity contribution in [2.75, 3.05) is 33.3 Å². The number of rotatable bonds is 6. The van der Waals surface area contributed by atoms with Crippen molar-refractivity contribution in [2.24, 2.45) is 0 Å². The first-order valence-corrected chi connectivity index (χ1v) is 9.14. The zero-order valence-corrected chi connectivity index (χ0v) is 15.2. The Bertz CT molecular complexity index is 717. The molecule has 1 aliphatic heterocycles. The van der Waals surface area contributed by atoms with Gasteiger partial charge in [-0.25, -0.2) is 0 Å². The van der Waals surface area contributed by atoms with Gasteiger partial charge in [-0.1, -0.05) is 12.1 Å². The molecular formula is C20H28N2O3. The monoisotopic (exact) mass is 344 g/mol. The van der Waals surface area contributed by atoms with E-state index in [-0.39, 0.29) is 12.5 Å². The third-order valence-electron chi connectivity index (χ3n) is 5.26. The highest BCUT2D eigenvalue weighted by Crippen LogP contribution is 2.24. The van der Waals surface area contributed by atoms with Crippen LogP contribution in [0.25, 0.3) is 11.0 Å². The van der Waals surface area contributed by atoms with Gasteiger partial charge in [-0.3, -0.25) is 4.79 Å². The summed E-state index contributed by atoms with van der Waals surface area (Å²) in [5, 5.41) is 9.99. The Morgan fingerprint density at radius 1 is 1.36 bits per heavy atom. The van der Waals surface area contributed by atoms with E-state index in [1.165, 1.54) is 0 Å². The molecule has 25 heavy (non-hydrogen) atoms. The Hall–Kier alpha value is -1.85. The number of nitrogens with zero attached hydrogens (tertiary/aromatic N) is 2. The van der Waals surface area contributed by atoms with E-state index in [0.717, 1.165) is 61.0 Å². The number of carbonyl (C=O) groups is 1. The fraction of sp³-hybridized carbons (Fsp3) is 0.550. The van der Waals surface area contributed by atoms with Crippen molar-refractivity contribution in [3.63, 3.8) is 0 Å². The number of hydrogen-bond acceptors (Lipinski definition) is 4. The normalized spacial score (nSPS) is 16.1. The lowest BCUT2D eigenvalue weighted by atomic mass is 10.0. The Balaban J connectivity index is 1.56. The van der Waals surface area contributed by atoms with E-state index in [4.69, 9.17) is 9.52 Å². The second-order valence-electron chi connectivity index (χ2n) is 7.11. The lowest BCUT2D eigenvalue weighted by molar-refractivity contribution is -0.132. The van der Waals surface area contributed by atoms with E-state index in [1.807, 2.05) is 24.0 Å². The summed E-state index contributed by atoms with van der Waals surface area (Å²) >= 11 is 0. The average Bonchev–Trinajstić information content (AvgIpc) is 3.01. The minimum Gasteiger partial charge on any atom is -0.464 e. The minimum absolute atomic E-state index is 0.180. The standard InChI is InChI=1S/C20H28N2O3/c1-15-4-5-18-16(14-25-19(18)12-15)13-20(24)22-9-6-17(7-10-22)21(2)8-3-11-23/h4-5,12,14,17,23H,3,6-11,13H2,1-2H3. The van der Waals surface area contributed by atoms with Crippen molar-refractivity contribution in [1.29, 1.82) is 0 Å². The van der Waals surface area contributed by atoms with Gasteiger partial charge in [0.1, 0.15) is 5.58 Å². The van der Waals surface area contributed by atoms with E-state index >= 15 is 0 Å². The maximum atomic E-state index is 12.7. The molecule has 2 heterocycles. The lowest BCUT2D eigenvalue weighted by Gasteiger charge is -2.36. The predicted molar refractivity (Wildman–Crippen MR) is 98.6 cm³/mol. The molecule has 2 aromatic rings. The summed E-state index contributed by atoms with van der Waals surface area (Å²) in [6, 6.07) is 6.61. The third-order valence-corrected chi connectivity index (χ3v) is 5.26. The van der Waals surface area contributed by atoms with E-state index < -0.39 is 0 Å². The van der Waals surface area contributed by atoms with Gasteiger partial charge in [0, 0.05) is 43.2 Å². The van der Waals surface area contributed by atoms with E-state index in [9.17, 15) is 4.79 Å². The Labute approximate surface area is 149 Å². The second-order valence-corrected chi connectivity index (χ2v) is 7.11. The molecule has 5 nitrogen and oxygen atoms in total. The highest BCUT2D eigenvalue weighted by Gasteiger charge is 2.25. The summed E-state index contributed by atoms with van der Waals surface area (Å²) in [5.41, 5.74) is 2.99. The molecule has 1 aromatic carbocycles. The van der Waals surface area contributed by atoms with Gasteiger partial charge < -0.3 is 19.3 Å². The van der Waals surface area contributed by atoms with Crippen molar-refractivity contribution >= 4 is 16.9 Å². The second kappa shape index (κ2) is 8.02. The third kappa shape index (κ3) is 4.22. The van der Waals surface area contributed by atoms with Gasteiger partial charge in [-0.2, -0.15) is 0 Å². The first-order chi connectivity index (χ1) is 12.1. The minimum atomic E-state index is 0.180. The molecule has 0 saturated carbocycles. The molecule has 1 saturated heterocycles. The fourth-order valence-electron chi connectivity index (χ4n) is 3.66. The molecule has 5 heteroatoms. The smallest absolute Gasteiger partial charge is 0.227 e. The summed E-state index contributed by atoms with van der Waals surface area (Å²) in [4.78, 5) is 16.9. The van der Waals surface area contributed by atoms with E-state index in [0.29, 0.717) is 12.5 Å². The molecule has 136 valence electrons. The van der Waals surface area contributed by atoms with Crippen LogP contribution in [0, 0.1) is 6.92 Å². The first-order valence-electron chi connectivity index (χ1n) is 9.14. The van der Waals surface area contributed by atoms with Crippen LogP contribution in [0.5, 0.6) is 0 Å². The number of aliphatic hydroxyl groups excluding tert-OH is 1. The number of amides is 1. The van der Waals surface area contributed by atoms with Crippen molar-refractivity contribution in [2.45, 2.75) is 38.6 Å². The highest BCUT2D eigenvalue weighted by atomic mass is 16.3. The Morgan fingerprint density at radius 2 is 2.12 bits per heavy atom. The van der Waals surface area contributed by atoms with Gasteiger partial charge >= 0.3 is 0 Å². The fourth-order valence-corrected chi connectivity index (χ4v) is 3.66. The molecule has 1 fully saturated rings. The van der Waals surface area contributed by atoms with Crippen LogP contribution in [-0.4, -0.2) is 60.1 Å². The zero-order valence-electron chi connectivity index (χ0n) is 15.2. The molecule has 1 aromatic heterocycles. The lowest BCUT2D eigenvalue weighted by Crippen LogP contribution is -2.46. The van der Waals surface area contributed by atoms with Crippen LogP contribution in [0.3, 0.4) is 0 Å². The van der Waals surface area contributed by atoms with Crippen molar-refractivity contribution in [1.82, 2.24) is 9.80 Å². The predicted octanol–water partition coefficient (Wildman–Crippen LogP) is 2.59. The maximum absolute atomic E-state index is 12.7. The summed E-state index contributed by atoms with van der Waals surface area (Å²) < 4.78 is 5.61. The molecule has 0 bridgehead atoms. The molecule has 1 aliphatic rings. The van der Waals surface area contributed by atoms with Gasteiger partial charge in [0.2, 0.25) is 5.91 Å². The summed E-state index contributed by atoms with van der Waals surface area (Å²) in [7, 11) is 2.11. The van der Waals surface area contributed by atoms with Crippen LogP contribution >= 0.6 is 0 Å². The number of hydrogen-bond donors (Lipinski definition) is 1. The molecule has 0 aliphatic carbocycles. The first kappa shape index (κ1) is 18.0. The summed E-state index contributed by atoms with van der Waals surface area (Å²) in [5.74, 6) is 0.180. The molecular weight excluding hydrogens is 316 g/mol. The van der Waals surface area contributed by atoms with Crippen molar-refractivity contribution < 1.29 is 14.3 Å². The van der Waals surface area contributed by atoms with Gasteiger partial charge in [-0.15, -0.1) is 0 Å². The van der Waals surface area contributed by atoms with Crippen molar-refractivity contribution in [3.8, 4) is 0 Å². The topological polar surface area (TPSA) is 56.9 Å². The number of carbonyl (C=O) groups excluding carboxylic acids is 1. The molecule has 3 rings (SSSR count). The quantitative estimate of drug-likeness (QED) is 0.875. The highest BCUT2D eigenvalue weighted by molar-refractivity contribution is 5.88. The van der Waals surface area contributed by atoms with Crippen molar-refractivity contribution in [3.05, 3.63) is 35.6 Å². The Kier molecular flexibility index (Phi) is 5.76. The zero-order chi connectivity index (χ0) is 17.8. The SMILES string of the molecule is Cc1ccc2c(CC(=O)N3CCC(N(C)CCCO)CC3)coc2c1. The molecule has 1 N–H and O–H groups in total. The number of furan rings is 1. The van der Waals surface area contributed by atoms with Gasteiger partial charge in [0.15, 0.2) is 0 Å². The molecule has 0 atom stereocenters. The summed E-state index contributed by atoms with van der Waals surface area (Å²) in [6.07, 6.45) is 4.93. The number of aliphatic hydroxyl groups is 1. The number of likely N-dealkylation sites (tertiary alicyclic amines) is 1.